The van der Waals surface area contributed by atoms with Gasteiger partial charge in [-0.15, -0.1) is 12.4 Å². The molecule has 4 nitrogen and oxygen atoms in total. The van der Waals surface area contributed by atoms with Gasteiger partial charge in [0.25, 0.3) is 0 Å². The van der Waals surface area contributed by atoms with E-state index in [1.807, 2.05) is 36.4 Å². The molecular formula is C18H19ClN4. The summed E-state index contributed by atoms with van der Waals surface area (Å²) in [6, 6.07) is 18.9. The van der Waals surface area contributed by atoms with Crippen molar-refractivity contribution in [3.05, 3.63) is 54.6 Å². The number of para-hydroxylation sites is 1. The summed E-state index contributed by atoms with van der Waals surface area (Å²) in [6.07, 6.45) is 1.11. The molecule has 118 valence electrons. The zero-order valence-electron chi connectivity index (χ0n) is 12.7. The Morgan fingerprint density at radius 3 is 2.52 bits per heavy atom. The minimum Gasteiger partial charge on any atom is -0.350 e. The molecule has 0 saturated carbocycles. The van der Waals surface area contributed by atoms with Crippen LogP contribution in [0.4, 0.5) is 5.95 Å². The first-order valence-electron chi connectivity index (χ1n) is 7.69. The highest BCUT2D eigenvalue weighted by Crippen LogP contribution is 2.27. The molecule has 2 heterocycles. The van der Waals surface area contributed by atoms with E-state index in [1.54, 1.807) is 0 Å². The number of hydrogen-bond acceptors (Lipinski definition) is 4. The summed E-state index contributed by atoms with van der Waals surface area (Å²) >= 11 is 0. The molecule has 4 rings (SSSR count). The van der Waals surface area contributed by atoms with E-state index in [4.69, 9.17) is 4.98 Å². The van der Waals surface area contributed by atoms with Gasteiger partial charge in [0.15, 0.2) is 0 Å². The Morgan fingerprint density at radius 2 is 1.74 bits per heavy atom. The summed E-state index contributed by atoms with van der Waals surface area (Å²) in [5.41, 5.74) is 3.08. The van der Waals surface area contributed by atoms with Crippen LogP contribution in [0.25, 0.3) is 22.2 Å². The second-order valence-corrected chi connectivity index (χ2v) is 5.61. The summed E-state index contributed by atoms with van der Waals surface area (Å²) < 4.78 is 0. The first kappa shape index (κ1) is 15.7. The lowest BCUT2D eigenvalue weighted by Crippen LogP contribution is -2.23. The van der Waals surface area contributed by atoms with Gasteiger partial charge in [-0.3, -0.25) is 0 Å². The van der Waals surface area contributed by atoms with E-state index in [0.717, 1.165) is 41.7 Å². The van der Waals surface area contributed by atoms with Crippen molar-refractivity contribution in [3.8, 4) is 11.3 Å². The van der Waals surface area contributed by atoms with Crippen LogP contribution in [-0.4, -0.2) is 29.1 Å². The van der Waals surface area contributed by atoms with E-state index >= 15 is 0 Å². The topological polar surface area (TPSA) is 49.8 Å². The number of benzene rings is 2. The number of hydrogen-bond donors (Lipinski definition) is 2. The van der Waals surface area contributed by atoms with E-state index in [9.17, 15) is 0 Å². The van der Waals surface area contributed by atoms with E-state index in [0.29, 0.717) is 12.0 Å². The van der Waals surface area contributed by atoms with Gasteiger partial charge in [0.05, 0.1) is 11.2 Å². The first-order valence-corrected chi connectivity index (χ1v) is 7.69. The van der Waals surface area contributed by atoms with Crippen LogP contribution in [0.15, 0.2) is 54.6 Å². The second kappa shape index (κ2) is 6.94. The Balaban J connectivity index is 0.00000156. The van der Waals surface area contributed by atoms with Gasteiger partial charge >= 0.3 is 0 Å². The third-order valence-corrected chi connectivity index (χ3v) is 4.04. The Labute approximate surface area is 141 Å². The Kier molecular flexibility index (Phi) is 4.74. The summed E-state index contributed by atoms with van der Waals surface area (Å²) in [7, 11) is 0. The second-order valence-electron chi connectivity index (χ2n) is 5.61. The number of rotatable bonds is 3. The molecule has 23 heavy (non-hydrogen) atoms. The molecule has 5 heteroatoms. The lowest BCUT2D eigenvalue weighted by atomic mass is 10.1. The van der Waals surface area contributed by atoms with E-state index in [-0.39, 0.29) is 12.4 Å². The van der Waals surface area contributed by atoms with Crippen LogP contribution in [0.1, 0.15) is 6.42 Å². The van der Waals surface area contributed by atoms with Gasteiger partial charge in [0.2, 0.25) is 5.95 Å². The third kappa shape index (κ3) is 3.28. The monoisotopic (exact) mass is 326 g/mol. The van der Waals surface area contributed by atoms with Crippen LogP contribution in [-0.2, 0) is 0 Å². The van der Waals surface area contributed by atoms with Gasteiger partial charge in [0.1, 0.15) is 0 Å². The lowest BCUT2D eigenvalue weighted by Gasteiger charge is -2.14. The van der Waals surface area contributed by atoms with Gasteiger partial charge in [-0.2, -0.15) is 0 Å². The van der Waals surface area contributed by atoms with Gasteiger partial charge in [0, 0.05) is 23.5 Å². The SMILES string of the molecule is Cl.c1ccc(-c2nc(NC3CCNC3)nc3ccccc23)cc1. The zero-order valence-corrected chi connectivity index (χ0v) is 13.5. The molecular weight excluding hydrogens is 308 g/mol. The van der Waals surface area contributed by atoms with Crippen molar-refractivity contribution >= 4 is 29.3 Å². The van der Waals surface area contributed by atoms with Crippen molar-refractivity contribution in [2.75, 3.05) is 18.4 Å². The number of nitrogens with zero attached hydrogens (tertiary/aromatic N) is 2. The molecule has 3 aromatic rings. The highest BCUT2D eigenvalue weighted by Gasteiger charge is 2.16. The molecule has 1 aromatic heterocycles. The average Bonchev–Trinajstić information content (AvgIpc) is 3.08. The minimum absolute atomic E-state index is 0. The Bertz CT molecular complexity index is 785. The number of aromatic nitrogens is 2. The van der Waals surface area contributed by atoms with Crippen molar-refractivity contribution in [2.24, 2.45) is 0 Å². The van der Waals surface area contributed by atoms with E-state index < -0.39 is 0 Å². The van der Waals surface area contributed by atoms with Crippen molar-refractivity contribution < 1.29 is 0 Å². The molecule has 1 aliphatic rings. The van der Waals surface area contributed by atoms with Gasteiger partial charge < -0.3 is 10.6 Å². The standard InChI is InChI=1S/C18H18N4.ClH/c1-2-6-13(7-3-1)17-15-8-4-5-9-16(15)21-18(22-17)20-14-10-11-19-12-14;/h1-9,14,19H,10-12H2,(H,20,21,22);1H. The third-order valence-electron chi connectivity index (χ3n) is 4.04. The molecule has 0 radical (unpaired) electrons. The molecule has 0 spiro atoms. The van der Waals surface area contributed by atoms with Gasteiger partial charge in [-0.1, -0.05) is 48.5 Å². The minimum atomic E-state index is 0. The molecule has 1 saturated heterocycles. The number of fused-ring (bicyclic) bond motifs is 1. The van der Waals surface area contributed by atoms with Crippen LogP contribution < -0.4 is 10.6 Å². The maximum Gasteiger partial charge on any atom is 0.224 e. The number of anilines is 1. The maximum atomic E-state index is 4.78. The molecule has 1 aliphatic heterocycles. The van der Waals surface area contributed by atoms with Crippen molar-refractivity contribution in [2.45, 2.75) is 12.5 Å². The Hall–Kier alpha value is -2.17. The van der Waals surface area contributed by atoms with Crippen molar-refractivity contribution in [1.82, 2.24) is 15.3 Å². The molecule has 1 unspecified atom stereocenters. The smallest absolute Gasteiger partial charge is 0.224 e. The van der Waals surface area contributed by atoms with Crippen LogP contribution in [0, 0.1) is 0 Å². The van der Waals surface area contributed by atoms with Crippen LogP contribution >= 0.6 is 12.4 Å². The summed E-state index contributed by atoms with van der Waals surface area (Å²) in [5.74, 6) is 0.714. The van der Waals surface area contributed by atoms with Crippen LogP contribution in [0.5, 0.6) is 0 Å². The average molecular weight is 327 g/mol. The summed E-state index contributed by atoms with van der Waals surface area (Å²) in [4.78, 5) is 9.46. The van der Waals surface area contributed by atoms with Crippen molar-refractivity contribution in [3.63, 3.8) is 0 Å². The largest absolute Gasteiger partial charge is 0.350 e. The van der Waals surface area contributed by atoms with Crippen molar-refractivity contribution in [1.29, 1.82) is 0 Å². The van der Waals surface area contributed by atoms with Gasteiger partial charge in [-0.05, 0) is 19.0 Å². The molecule has 0 bridgehead atoms. The zero-order chi connectivity index (χ0) is 14.8. The molecule has 2 aromatic carbocycles. The highest BCUT2D eigenvalue weighted by molar-refractivity contribution is 5.93. The molecule has 0 amide bonds. The van der Waals surface area contributed by atoms with Crippen LogP contribution in [0.2, 0.25) is 0 Å². The molecule has 2 N–H and O–H groups in total. The fraction of sp³-hybridized carbons (Fsp3) is 0.222. The fourth-order valence-electron chi connectivity index (χ4n) is 2.92. The van der Waals surface area contributed by atoms with Crippen LogP contribution in [0.3, 0.4) is 0 Å². The quantitative estimate of drug-likeness (QED) is 0.773. The number of nitrogens with one attached hydrogen (secondary N) is 2. The number of halogens is 1. The molecule has 1 atom stereocenters. The predicted molar refractivity (Wildman–Crippen MR) is 97.1 cm³/mol. The summed E-state index contributed by atoms with van der Waals surface area (Å²) in [5, 5.41) is 7.90. The lowest BCUT2D eigenvalue weighted by molar-refractivity contribution is 0.782. The Morgan fingerprint density at radius 1 is 0.957 bits per heavy atom. The first-order chi connectivity index (χ1) is 10.9. The normalized spacial score (nSPS) is 17.0. The van der Waals surface area contributed by atoms with Gasteiger partial charge in [-0.25, -0.2) is 9.97 Å². The predicted octanol–water partition coefficient (Wildman–Crippen LogP) is 3.49. The van der Waals surface area contributed by atoms with E-state index in [1.165, 1.54) is 0 Å². The van der Waals surface area contributed by atoms with E-state index in [2.05, 4.69) is 33.8 Å². The summed E-state index contributed by atoms with van der Waals surface area (Å²) in [6.45, 7) is 2.02. The molecule has 0 aliphatic carbocycles. The molecule has 1 fully saturated rings. The fourth-order valence-corrected chi connectivity index (χ4v) is 2.92. The maximum absolute atomic E-state index is 4.78. The highest BCUT2D eigenvalue weighted by atomic mass is 35.5.